The van der Waals surface area contributed by atoms with Gasteiger partial charge in [0.25, 0.3) is 0 Å². The predicted octanol–water partition coefficient (Wildman–Crippen LogP) is 4.92. The van der Waals surface area contributed by atoms with Crippen LogP contribution >= 0.6 is 11.3 Å². The molecule has 6 rings (SSSR count). The Bertz CT molecular complexity index is 1330. The van der Waals surface area contributed by atoms with Gasteiger partial charge >= 0.3 is 0 Å². The Kier molecular flexibility index (Phi) is 4.39. The quantitative estimate of drug-likeness (QED) is 0.482. The zero-order chi connectivity index (χ0) is 21.7. The first kappa shape index (κ1) is 18.9. The van der Waals surface area contributed by atoms with Crippen LogP contribution in [-0.2, 0) is 0 Å². The van der Waals surface area contributed by atoms with E-state index >= 15 is 0 Å². The van der Waals surface area contributed by atoms with Crippen LogP contribution in [0, 0.1) is 0 Å². The van der Waals surface area contributed by atoms with E-state index in [4.69, 9.17) is 14.2 Å². The number of fused-ring (bicyclic) bond motifs is 3. The summed E-state index contributed by atoms with van der Waals surface area (Å²) < 4.78 is 19.8. The Morgan fingerprint density at radius 1 is 1.06 bits per heavy atom. The molecule has 32 heavy (non-hydrogen) atoms. The first-order valence-corrected chi connectivity index (χ1v) is 11.1. The van der Waals surface area contributed by atoms with Crippen LogP contribution in [0.2, 0.25) is 0 Å². The highest BCUT2D eigenvalue weighted by Crippen LogP contribution is 2.52. The summed E-state index contributed by atoms with van der Waals surface area (Å²) >= 11 is 1.67. The van der Waals surface area contributed by atoms with Crippen molar-refractivity contribution in [3.05, 3.63) is 87.9 Å². The van der Waals surface area contributed by atoms with Crippen LogP contribution in [0.1, 0.15) is 28.1 Å². The van der Waals surface area contributed by atoms with Crippen LogP contribution in [0.15, 0.2) is 71.9 Å². The molecule has 2 aliphatic heterocycles. The number of nitrogens with zero attached hydrogens (tertiary/aromatic N) is 3. The maximum atomic E-state index is 6.60. The Morgan fingerprint density at radius 2 is 1.97 bits per heavy atom. The molecule has 4 heterocycles. The highest BCUT2D eigenvalue weighted by molar-refractivity contribution is 7.10. The first-order valence-electron chi connectivity index (χ1n) is 10.2. The number of hydrogen-bond acceptors (Lipinski definition) is 7. The number of ether oxygens (including phenoxy) is 3. The minimum Gasteiger partial charge on any atom is -0.497 e. The van der Waals surface area contributed by atoms with E-state index in [9.17, 15) is 0 Å². The van der Waals surface area contributed by atoms with Crippen LogP contribution in [0.25, 0.3) is 5.70 Å². The van der Waals surface area contributed by atoms with E-state index in [1.54, 1.807) is 31.9 Å². The molecule has 0 amide bonds. The molecule has 4 aromatic rings. The largest absolute Gasteiger partial charge is 0.497 e. The van der Waals surface area contributed by atoms with E-state index in [-0.39, 0.29) is 12.1 Å². The Morgan fingerprint density at radius 3 is 2.78 bits per heavy atom. The lowest BCUT2D eigenvalue weighted by atomic mass is 9.86. The molecule has 7 nitrogen and oxygen atoms in total. The van der Waals surface area contributed by atoms with Gasteiger partial charge in [-0.05, 0) is 41.8 Å². The van der Waals surface area contributed by atoms with Crippen molar-refractivity contribution in [2.45, 2.75) is 12.1 Å². The Hall–Kier alpha value is -3.78. The zero-order valence-electron chi connectivity index (χ0n) is 17.5. The van der Waals surface area contributed by atoms with Gasteiger partial charge in [0.2, 0.25) is 5.95 Å². The maximum Gasteiger partial charge on any atom is 0.226 e. The summed E-state index contributed by atoms with van der Waals surface area (Å²) in [6, 6.07) is 17.7. The molecule has 8 heteroatoms. The average molecular weight is 445 g/mol. The van der Waals surface area contributed by atoms with Gasteiger partial charge in [-0.25, -0.2) is 4.68 Å². The van der Waals surface area contributed by atoms with Crippen molar-refractivity contribution in [2.24, 2.45) is 0 Å². The number of aromatic nitrogens is 3. The highest BCUT2D eigenvalue weighted by atomic mass is 32.1. The van der Waals surface area contributed by atoms with Crippen molar-refractivity contribution < 1.29 is 14.2 Å². The lowest BCUT2D eigenvalue weighted by molar-refractivity contribution is 0.226. The fourth-order valence-electron chi connectivity index (χ4n) is 4.45. The van der Waals surface area contributed by atoms with Gasteiger partial charge in [0.05, 0.1) is 19.9 Å². The van der Waals surface area contributed by atoms with Gasteiger partial charge in [0, 0.05) is 21.6 Å². The number of hydrogen-bond donors (Lipinski definition) is 1. The highest BCUT2D eigenvalue weighted by Gasteiger charge is 2.42. The molecule has 0 aliphatic carbocycles. The van der Waals surface area contributed by atoms with Crippen molar-refractivity contribution in [1.29, 1.82) is 0 Å². The molecule has 1 N–H and O–H groups in total. The summed E-state index contributed by atoms with van der Waals surface area (Å²) in [5.74, 6) is 2.99. The van der Waals surface area contributed by atoms with Gasteiger partial charge in [0.15, 0.2) is 6.10 Å². The average Bonchev–Trinajstić information content (AvgIpc) is 3.54. The molecule has 2 atom stereocenters. The van der Waals surface area contributed by atoms with Gasteiger partial charge < -0.3 is 19.5 Å². The van der Waals surface area contributed by atoms with Crippen molar-refractivity contribution in [3.63, 3.8) is 0 Å². The normalized spacial score (nSPS) is 18.7. The van der Waals surface area contributed by atoms with Crippen LogP contribution in [0.5, 0.6) is 17.2 Å². The summed E-state index contributed by atoms with van der Waals surface area (Å²) in [4.78, 5) is 5.59. The summed E-state index contributed by atoms with van der Waals surface area (Å²) in [5.41, 5.74) is 3.96. The maximum absolute atomic E-state index is 6.60. The van der Waals surface area contributed by atoms with E-state index in [1.165, 1.54) is 0 Å². The van der Waals surface area contributed by atoms with Crippen LogP contribution in [0.3, 0.4) is 0 Å². The third-order valence-electron chi connectivity index (χ3n) is 5.85. The molecule has 0 unspecified atom stereocenters. The molecule has 0 saturated carbocycles. The third-order valence-corrected chi connectivity index (χ3v) is 6.77. The number of thiophene rings is 1. The lowest BCUT2D eigenvalue weighted by Crippen LogP contribution is -2.32. The van der Waals surface area contributed by atoms with Crippen LogP contribution in [0.4, 0.5) is 5.95 Å². The molecule has 0 spiro atoms. The van der Waals surface area contributed by atoms with E-state index in [2.05, 4.69) is 32.9 Å². The third kappa shape index (κ3) is 2.80. The molecule has 0 saturated heterocycles. The fraction of sp³-hybridized carbons (Fsp3) is 0.167. The number of anilines is 1. The molecule has 0 bridgehead atoms. The smallest absolute Gasteiger partial charge is 0.226 e. The second-order valence-corrected chi connectivity index (χ2v) is 8.48. The fourth-order valence-corrected chi connectivity index (χ4v) is 5.22. The van der Waals surface area contributed by atoms with Crippen LogP contribution < -0.4 is 19.5 Å². The Labute approximate surface area is 188 Å². The second-order valence-electron chi connectivity index (χ2n) is 7.50. The first-order chi connectivity index (χ1) is 15.8. The van der Waals surface area contributed by atoms with Gasteiger partial charge in [-0.1, -0.05) is 18.2 Å². The standard InChI is InChI=1S/C24H20N4O3S/c1-29-14-9-10-17(30-2)16(12-14)22-20-21(27-24-25-13-26-28(22)24)15-6-3-4-7-18(15)31-23(20)19-8-5-11-32-19/h3-13,22-23H,1-2H3,(H,25,26,27)/t22-,23+/m1/s1. The van der Waals surface area contributed by atoms with Gasteiger partial charge in [0.1, 0.15) is 29.6 Å². The summed E-state index contributed by atoms with van der Waals surface area (Å²) in [5, 5.41) is 10.2. The number of nitrogens with one attached hydrogen (secondary N) is 1. The molecular formula is C24H20N4O3S. The Balaban J connectivity index is 1.66. The summed E-state index contributed by atoms with van der Waals surface area (Å²) in [6.07, 6.45) is 1.28. The van der Waals surface area contributed by atoms with E-state index < -0.39 is 0 Å². The SMILES string of the molecule is COc1ccc(OC)c([C@@H]2C3=C(Nc4ncnn42)c2ccccc2O[C@H]3c2cccs2)c1. The summed E-state index contributed by atoms with van der Waals surface area (Å²) in [6.45, 7) is 0. The monoisotopic (exact) mass is 444 g/mol. The van der Waals surface area contributed by atoms with Gasteiger partial charge in [-0.15, -0.1) is 11.3 Å². The number of benzene rings is 2. The minimum atomic E-state index is -0.297. The van der Waals surface area contributed by atoms with E-state index in [1.807, 2.05) is 47.1 Å². The molecule has 0 radical (unpaired) electrons. The van der Waals surface area contributed by atoms with Crippen LogP contribution in [-0.4, -0.2) is 29.0 Å². The molecule has 2 aromatic carbocycles. The van der Waals surface area contributed by atoms with Crippen molar-refractivity contribution >= 4 is 23.0 Å². The number of para-hydroxylation sites is 1. The second kappa shape index (κ2) is 7.42. The minimum absolute atomic E-state index is 0.286. The zero-order valence-corrected chi connectivity index (χ0v) is 18.3. The molecule has 2 aliphatic rings. The predicted molar refractivity (Wildman–Crippen MR) is 122 cm³/mol. The topological polar surface area (TPSA) is 70.4 Å². The van der Waals surface area contributed by atoms with Gasteiger partial charge in [-0.2, -0.15) is 10.1 Å². The molecule has 160 valence electrons. The van der Waals surface area contributed by atoms with E-state index in [0.717, 1.165) is 44.5 Å². The van der Waals surface area contributed by atoms with Crippen molar-refractivity contribution in [3.8, 4) is 17.2 Å². The van der Waals surface area contributed by atoms with Crippen molar-refractivity contribution in [1.82, 2.24) is 14.8 Å². The molecule has 0 fully saturated rings. The van der Waals surface area contributed by atoms with Crippen molar-refractivity contribution in [2.75, 3.05) is 19.5 Å². The summed E-state index contributed by atoms with van der Waals surface area (Å²) in [7, 11) is 3.33. The number of rotatable bonds is 4. The molecular weight excluding hydrogens is 424 g/mol. The number of methoxy groups -OCH3 is 2. The van der Waals surface area contributed by atoms with Gasteiger partial charge in [-0.3, -0.25) is 0 Å². The lowest BCUT2D eigenvalue weighted by Gasteiger charge is -2.38. The molecule has 2 aromatic heterocycles. The van der Waals surface area contributed by atoms with E-state index in [0.29, 0.717) is 5.95 Å².